The molecule has 1 fully saturated rings. The van der Waals surface area contributed by atoms with Gasteiger partial charge in [0.05, 0.1) is 12.2 Å². The van der Waals surface area contributed by atoms with Crippen molar-refractivity contribution >= 4 is 17.7 Å². The first-order valence-corrected chi connectivity index (χ1v) is 7.87. The summed E-state index contributed by atoms with van der Waals surface area (Å²) in [5.74, 6) is 0.325. The average Bonchev–Trinajstić information content (AvgIpc) is 2.55. The van der Waals surface area contributed by atoms with Crippen LogP contribution in [0.5, 0.6) is 0 Å². The minimum atomic E-state index is -4.23. The zero-order valence-electron chi connectivity index (χ0n) is 12.3. The van der Waals surface area contributed by atoms with Crippen LogP contribution in [0.15, 0.2) is 0 Å². The zero-order chi connectivity index (χ0) is 15.5. The maximum atomic E-state index is 12.3. The summed E-state index contributed by atoms with van der Waals surface area (Å²) in [6, 6.07) is -0.283. The van der Waals surface area contributed by atoms with Gasteiger partial charge in [-0.15, -0.1) is 0 Å². The minimum absolute atomic E-state index is 0.0687. The van der Waals surface area contributed by atoms with Crippen molar-refractivity contribution in [2.45, 2.75) is 51.8 Å². The van der Waals surface area contributed by atoms with Gasteiger partial charge >= 0.3 is 5.51 Å². The Labute approximate surface area is 122 Å². The fraction of sp³-hybridized carbons (Fsp3) is 0.923. The molecule has 0 aromatic carbocycles. The second kappa shape index (κ2) is 7.02. The number of hydrogen-bond acceptors (Lipinski definition) is 3. The smallest absolute Gasteiger partial charge is 0.325 e. The van der Waals surface area contributed by atoms with E-state index in [1.54, 1.807) is 4.90 Å². The lowest BCUT2D eigenvalue weighted by molar-refractivity contribution is -0.130. The van der Waals surface area contributed by atoms with Gasteiger partial charge in [-0.1, -0.05) is 27.7 Å². The Morgan fingerprint density at radius 3 is 2.35 bits per heavy atom. The predicted octanol–water partition coefficient (Wildman–Crippen LogP) is 3.07. The van der Waals surface area contributed by atoms with E-state index in [0.717, 1.165) is 6.42 Å². The standard InChI is InChI=1S/C13H23F3N2OS/c1-8(2)7-10-17-11(9(3)4)12(19)18(10)5-6-20-13(14,15)16/h8-11,17H,5-7H2,1-4H3. The molecule has 20 heavy (non-hydrogen) atoms. The normalized spacial score (nSPS) is 24.2. The second-order valence-electron chi connectivity index (χ2n) is 5.86. The first-order valence-electron chi connectivity index (χ1n) is 6.89. The van der Waals surface area contributed by atoms with Crippen molar-refractivity contribution in [3.05, 3.63) is 0 Å². The summed E-state index contributed by atoms with van der Waals surface area (Å²) in [5.41, 5.74) is -4.23. The van der Waals surface area contributed by atoms with Crippen LogP contribution in [0.1, 0.15) is 34.1 Å². The van der Waals surface area contributed by atoms with E-state index in [0.29, 0.717) is 5.92 Å². The van der Waals surface area contributed by atoms with Gasteiger partial charge in [0.1, 0.15) is 0 Å². The summed E-state index contributed by atoms with van der Waals surface area (Å²) in [5, 5.41) is 3.26. The molecule has 1 N–H and O–H groups in total. The van der Waals surface area contributed by atoms with E-state index in [2.05, 4.69) is 5.32 Å². The van der Waals surface area contributed by atoms with Gasteiger partial charge in [0.15, 0.2) is 0 Å². The minimum Gasteiger partial charge on any atom is -0.325 e. The van der Waals surface area contributed by atoms with Gasteiger partial charge in [-0.2, -0.15) is 13.2 Å². The van der Waals surface area contributed by atoms with E-state index < -0.39 is 5.51 Å². The molecule has 3 nitrogen and oxygen atoms in total. The number of nitrogens with one attached hydrogen (secondary N) is 1. The lowest BCUT2D eigenvalue weighted by atomic mass is 10.0. The molecule has 0 aliphatic carbocycles. The molecule has 1 aliphatic rings. The maximum absolute atomic E-state index is 12.3. The van der Waals surface area contributed by atoms with Crippen molar-refractivity contribution < 1.29 is 18.0 Å². The highest BCUT2D eigenvalue weighted by atomic mass is 32.2. The van der Waals surface area contributed by atoms with Gasteiger partial charge in [0, 0.05) is 12.3 Å². The predicted molar refractivity (Wildman–Crippen MR) is 75.2 cm³/mol. The molecule has 118 valence electrons. The average molecular weight is 312 g/mol. The van der Waals surface area contributed by atoms with Gasteiger partial charge in [-0.05, 0) is 30.0 Å². The Bertz CT molecular complexity index is 334. The van der Waals surface area contributed by atoms with E-state index in [1.807, 2.05) is 27.7 Å². The third-order valence-corrected chi connectivity index (χ3v) is 3.97. The highest BCUT2D eigenvalue weighted by molar-refractivity contribution is 8.00. The van der Waals surface area contributed by atoms with Crippen molar-refractivity contribution in [1.29, 1.82) is 0 Å². The van der Waals surface area contributed by atoms with Crippen LogP contribution in [0.2, 0.25) is 0 Å². The number of carbonyl (C=O) groups is 1. The largest absolute Gasteiger partial charge is 0.441 e. The van der Waals surface area contributed by atoms with Gasteiger partial charge in [0.2, 0.25) is 5.91 Å². The molecule has 1 amide bonds. The van der Waals surface area contributed by atoms with Gasteiger partial charge in [-0.3, -0.25) is 10.1 Å². The molecule has 0 aromatic heterocycles. The quantitative estimate of drug-likeness (QED) is 0.818. The summed E-state index contributed by atoms with van der Waals surface area (Å²) in [6.07, 6.45) is 0.606. The highest BCUT2D eigenvalue weighted by Crippen LogP contribution is 2.30. The molecular formula is C13H23F3N2OS. The SMILES string of the molecule is CC(C)CC1NC(C(C)C)C(=O)N1CCSC(F)(F)F. The molecule has 0 spiro atoms. The van der Waals surface area contributed by atoms with Gasteiger partial charge < -0.3 is 4.90 Å². The number of halogens is 3. The number of nitrogens with zero attached hydrogens (tertiary/aromatic N) is 1. The number of hydrogen-bond donors (Lipinski definition) is 1. The molecule has 7 heteroatoms. The van der Waals surface area contributed by atoms with E-state index in [1.165, 1.54) is 0 Å². The Balaban J connectivity index is 2.64. The number of amides is 1. The second-order valence-corrected chi connectivity index (χ2v) is 7.02. The molecule has 0 radical (unpaired) electrons. The number of alkyl halides is 3. The highest BCUT2D eigenvalue weighted by Gasteiger charge is 2.40. The van der Waals surface area contributed by atoms with Crippen LogP contribution < -0.4 is 5.32 Å². The summed E-state index contributed by atoms with van der Waals surface area (Å²) in [7, 11) is 0. The molecule has 0 bridgehead atoms. The van der Waals surface area contributed by atoms with Crippen molar-refractivity contribution in [3.8, 4) is 0 Å². The molecule has 0 aromatic rings. The van der Waals surface area contributed by atoms with E-state index in [9.17, 15) is 18.0 Å². The molecule has 0 saturated carbocycles. The van der Waals surface area contributed by atoms with Crippen molar-refractivity contribution in [2.75, 3.05) is 12.3 Å². The van der Waals surface area contributed by atoms with Crippen LogP contribution in [0.25, 0.3) is 0 Å². The molecule has 2 atom stereocenters. The lowest BCUT2D eigenvalue weighted by Crippen LogP contribution is -2.40. The van der Waals surface area contributed by atoms with Crippen molar-refractivity contribution in [3.63, 3.8) is 0 Å². The third kappa shape index (κ3) is 5.16. The molecule has 1 saturated heterocycles. The fourth-order valence-corrected chi connectivity index (χ4v) is 2.87. The van der Waals surface area contributed by atoms with Crippen molar-refractivity contribution in [1.82, 2.24) is 10.2 Å². The Morgan fingerprint density at radius 2 is 1.90 bits per heavy atom. The van der Waals surface area contributed by atoms with Crippen LogP contribution in [0.4, 0.5) is 13.2 Å². The van der Waals surface area contributed by atoms with E-state index >= 15 is 0 Å². The third-order valence-electron chi connectivity index (χ3n) is 3.26. The molecule has 2 unspecified atom stereocenters. The van der Waals surface area contributed by atoms with Crippen LogP contribution in [-0.4, -0.2) is 40.8 Å². The number of carbonyl (C=O) groups excluding carboxylic acids is 1. The first-order chi connectivity index (χ1) is 9.11. The topological polar surface area (TPSA) is 32.3 Å². The lowest BCUT2D eigenvalue weighted by Gasteiger charge is -2.25. The Hall–Kier alpha value is -0.430. The Morgan fingerprint density at radius 1 is 1.30 bits per heavy atom. The van der Waals surface area contributed by atoms with Gasteiger partial charge in [-0.25, -0.2) is 0 Å². The first kappa shape index (κ1) is 17.6. The molecule has 1 aliphatic heterocycles. The van der Waals surface area contributed by atoms with Crippen molar-refractivity contribution in [2.24, 2.45) is 11.8 Å². The maximum Gasteiger partial charge on any atom is 0.441 e. The Kier molecular flexibility index (Phi) is 6.19. The zero-order valence-corrected chi connectivity index (χ0v) is 13.1. The monoisotopic (exact) mass is 312 g/mol. The number of rotatable bonds is 6. The molecule has 1 rings (SSSR count). The molecule has 1 heterocycles. The number of thioether (sulfide) groups is 1. The summed E-state index contributed by atoms with van der Waals surface area (Å²) >= 11 is -0.0687. The van der Waals surface area contributed by atoms with Gasteiger partial charge in [0.25, 0.3) is 0 Å². The fourth-order valence-electron chi connectivity index (χ4n) is 2.35. The van der Waals surface area contributed by atoms with Crippen LogP contribution in [0.3, 0.4) is 0 Å². The van der Waals surface area contributed by atoms with Crippen LogP contribution in [-0.2, 0) is 4.79 Å². The van der Waals surface area contributed by atoms with Crippen LogP contribution in [0, 0.1) is 11.8 Å². The van der Waals surface area contributed by atoms with E-state index in [-0.39, 0.29) is 48.1 Å². The van der Waals surface area contributed by atoms with Crippen LogP contribution >= 0.6 is 11.8 Å². The molecular weight excluding hydrogens is 289 g/mol. The summed E-state index contributed by atoms with van der Waals surface area (Å²) < 4.78 is 36.5. The summed E-state index contributed by atoms with van der Waals surface area (Å²) in [6.45, 7) is 8.09. The van der Waals surface area contributed by atoms with E-state index in [4.69, 9.17) is 0 Å². The summed E-state index contributed by atoms with van der Waals surface area (Å²) in [4.78, 5) is 13.8.